The maximum absolute atomic E-state index is 10.3. The van der Waals surface area contributed by atoms with Crippen molar-refractivity contribution in [1.29, 1.82) is 0 Å². The number of aromatic hydroxyl groups is 1. The Morgan fingerprint density at radius 3 is 2.93 bits per heavy atom. The molecule has 0 radical (unpaired) electrons. The number of phenolic OH excluding ortho intramolecular Hbond substituents is 1. The summed E-state index contributed by atoms with van der Waals surface area (Å²) in [6, 6.07) is 2.87. The highest BCUT2D eigenvalue weighted by molar-refractivity contribution is 5.69. The number of aliphatic hydroxyl groups is 1. The van der Waals surface area contributed by atoms with Crippen molar-refractivity contribution in [2.75, 3.05) is 18.5 Å². The van der Waals surface area contributed by atoms with E-state index in [2.05, 4.69) is 5.18 Å². The summed E-state index contributed by atoms with van der Waals surface area (Å²) < 4.78 is 0. The maximum atomic E-state index is 10.3. The quantitative estimate of drug-likeness (QED) is 0.660. The number of rotatable bonds is 1. The van der Waals surface area contributed by atoms with Crippen molar-refractivity contribution in [3.63, 3.8) is 0 Å². The van der Waals surface area contributed by atoms with Gasteiger partial charge in [0.1, 0.15) is 5.75 Å². The van der Waals surface area contributed by atoms with Crippen LogP contribution in [0, 0.1) is 4.91 Å². The molecular formula is C9H10N2O3. The van der Waals surface area contributed by atoms with Gasteiger partial charge in [-0.05, 0) is 17.3 Å². The number of benzene rings is 1. The van der Waals surface area contributed by atoms with Crippen LogP contribution in [0.2, 0.25) is 0 Å². The van der Waals surface area contributed by atoms with E-state index in [1.54, 1.807) is 7.05 Å². The fraction of sp³-hybridized carbons (Fsp3) is 0.333. The van der Waals surface area contributed by atoms with Gasteiger partial charge in [0.15, 0.2) is 5.69 Å². The SMILES string of the molecule is CN1CC(O)c2cc(O)c(N=O)cc21. The molecule has 5 heteroatoms. The number of likely N-dealkylation sites (N-methyl/N-ethyl adjacent to an activating group) is 1. The van der Waals surface area contributed by atoms with Crippen molar-refractivity contribution >= 4 is 11.4 Å². The normalized spacial score (nSPS) is 19.6. The van der Waals surface area contributed by atoms with Crippen LogP contribution in [-0.2, 0) is 0 Å². The van der Waals surface area contributed by atoms with Gasteiger partial charge in [-0.15, -0.1) is 4.91 Å². The zero-order chi connectivity index (χ0) is 10.3. The Morgan fingerprint density at radius 1 is 1.57 bits per heavy atom. The Kier molecular flexibility index (Phi) is 1.89. The van der Waals surface area contributed by atoms with E-state index in [1.165, 1.54) is 12.1 Å². The standard InChI is InChI=1S/C9H10N2O3/c1-11-4-9(13)5-2-8(12)6(10-14)3-7(5)11/h2-3,9,12-13H,4H2,1H3. The molecule has 1 aliphatic heterocycles. The number of nitrogens with zero attached hydrogens (tertiary/aromatic N) is 2. The second-order valence-corrected chi connectivity index (χ2v) is 3.39. The number of fused-ring (bicyclic) bond motifs is 1. The highest BCUT2D eigenvalue weighted by Gasteiger charge is 2.26. The summed E-state index contributed by atoms with van der Waals surface area (Å²) in [5, 5.41) is 21.6. The van der Waals surface area contributed by atoms with E-state index in [0.717, 1.165) is 5.69 Å². The average Bonchev–Trinajstić information content (AvgIpc) is 2.41. The molecule has 2 N–H and O–H groups in total. The third-order valence-electron chi connectivity index (χ3n) is 2.44. The van der Waals surface area contributed by atoms with E-state index < -0.39 is 6.10 Å². The van der Waals surface area contributed by atoms with Crippen LogP contribution in [-0.4, -0.2) is 23.8 Å². The highest BCUT2D eigenvalue weighted by Crippen LogP contribution is 2.41. The van der Waals surface area contributed by atoms with Gasteiger partial charge in [0.05, 0.1) is 6.10 Å². The molecule has 74 valence electrons. The van der Waals surface area contributed by atoms with Crippen molar-refractivity contribution in [2.24, 2.45) is 5.18 Å². The lowest BCUT2D eigenvalue weighted by Crippen LogP contribution is -2.14. The summed E-state index contributed by atoms with van der Waals surface area (Å²) in [6.07, 6.45) is -0.610. The minimum absolute atomic E-state index is 0.00435. The van der Waals surface area contributed by atoms with Gasteiger partial charge in [0.2, 0.25) is 0 Å². The number of aliphatic hydroxyl groups excluding tert-OH is 1. The molecule has 1 aromatic carbocycles. The molecule has 14 heavy (non-hydrogen) atoms. The molecule has 0 saturated heterocycles. The number of hydrogen-bond donors (Lipinski definition) is 2. The van der Waals surface area contributed by atoms with Crippen LogP contribution >= 0.6 is 0 Å². The van der Waals surface area contributed by atoms with Crippen LogP contribution in [0.4, 0.5) is 11.4 Å². The topological polar surface area (TPSA) is 73.1 Å². The first-order valence-electron chi connectivity index (χ1n) is 4.23. The Morgan fingerprint density at radius 2 is 2.29 bits per heavy atom. The molecule has 1 aliphatic rings. The maximum Gasteiger partial charge on any atom is 0.151 e. The van der Waals surface area contributed by atoms with Gasteiger partial charge >= 0.3 is 0 Å². The van der Waals surface area contributed by atoms with Gasteiger partial charge in [-0.1, -0.05) is 0 Å². The summed E-state index contributed by atoms with van der Waals surface area (Å²) in [5.41, 5.74) is 1.38. The van der Waals surface area contributed by atoms with Crippen LogP contribution in [0.15, 0.2) is 17.3 Å². The van der Waals surface area contributed by atoms with Gasteiger partial charge in [-0.25, -0.2) is 0 Å². The molecule has 0 fully saturated rings. The second kappa shape index (κ2) is 2.95. The number of hydrogen-bond acceptors (Lipinski definition) is 5. The summed E-state index contributed by atoms with van der Waals surface area (Å²) >= 11 is 0. The molecule has 1 aromatic rings. The Hall–Kier alpha value is -1.62. The zero-order valence-electron chi connectivity index (χ0n) is 7.64. The van der Waals surface area contributed by atoms with Crippen LogP contribution in [0.1, 0.15) is 11.7 Å². The molecule has 1 unspecified atom stereocenters. The molecule has 0 aliphatic carbocycles. The first-order valence-corrected chi connectivity index (χ1v) is 4.23. The molecule has 1 atom stereocenters. The van der Waals surface area contributed by atoms with E-state index in [1.807, 2.05) is 4.90 Å². The smallest absolute Gasteiger partial charge is 0.151 e. The lowest BCUT2D eigenvalue weighted by Gasteiger charge is -2.11. The minimum Gasteiger partial charge on any atom is -0.506 e. The van der Waals surface area contributed by atoms with Gasteiger partial charge in [-0.2, -0.15) is 0 Å². The monoisotopic (exact) mass is 194 g/mol. The third kappa shape index (κ3) is 1.13. The predicted octanol–water partition coefficient (Wildman–Crippen LogP) is 1.27. The van der Waals surface area contributed by atoms with E-state index in [4.69, 9.17) is 0 Å². The van der Waals surface area contributed by atoms with Gasteiger partial charge in [0.25, 0.3) is 0 Å². The highest BCUT2D eigenvalue weighted by atomic mass is 16.3. The number of anilines is 1. The summed E-state index contributed by atoms with van der Waals surface area (Å²) in [6.45, 7) is 0.469. The van der Waals surface area contributed by atoms with Crippen molar-refractivity contribution in [2.45, 2.75) is 6.10 Å². The lowest BCUT2D eigenvalue weighted by atomic mass is 10.1. The first kappa shape index (κ1) is 8.96. The second-order valence-electron chi connectivity index (χ2n) is 3.39. The van der Waals surface area contributed by atoms with Crippen LogP contribution < -0.4 is 4.90 Å². The fourth-order valence-corrected chi connectivity index (χ4v) is 1.71. The third-order valence-corrected chi connectivity index (χ3v) is 2.44. The van der Waals surface area contributed by atoms with Gasteiger partial charge < -0.3 is 15.1 Å². The number of β-amino-alcohol motifs (C(OH)–C–C–N with tert-alkyl or cyclic N) is 1. The van der Waals surface area contributed by atoms with Crippen LogP contribution in [0.5, 0.6) is 5.75 Å². The molecular weight excluding hydrogens is 184 g/mol. The van der Waals surface area contributed by atoms with Crippen molar-refractivity contribution in [3.8, 4) is 5.75 Å². The zero-order valence-corrected chi connectivity index (χ0v) is 7.64. The van der Waals surface area contributed by atoms with E-state index in [9.17, 15) is 15.1 Å². The Labute approximate surface area is 80.6 Å². The van der Waals surface area contributed by atoms with Crippen molar-refractivity contribution < 1.29 is 10.2 Å². The van der Waals surface area contributed by atoms with Crippen molar-refractivity contribution in [1.82, 2.24) is 0 Å². The van der Waals surface area contributed by atoms with Gasteiger partial charge in [-0.3, -0.25) is 0 Å². The molecule has 0 bridgehead atoms. The van der Waals surface area contributed by atoms with E-state index >= 15 is 0 Å². The van der Waals surface area contributed by atoms with E-state index in [0.29, 0.717) is 12.1 Å². The number of phenols is 1. The van der Waals surface area contributed by atoms with E-state index in [-0.39, 0.29) is 11.4 Å². The lowest BCUT2D eigenvalue weighted by molar-refractivity contribution is 0.195. The largest absolute Gasteiger partial charge is 0.506 e. The molecule has 0 spiro atoms. The van der Waals surface area contributed by atoms with Crippen molar-refractivity contribution in [3.05, 3.63) is 22.6 Å². The molecule has 5 nitrogen and oxygen atoms in total. The fourth-order valence-electron chi connectivity index (χ4n) is 1.71. The Balaban J connectivity index is 2.59. The number of nitroso groups, excluding NO2 is 1. The summed E-state index contributed by atoms with van der Waals surface area (Å²) in [7, 11) is 1.81. The van der Waals surface area contributed by atoms with Crippen LogP contribution in [0.25, 0.3) is 0 Å². The molecule has 0 saturated carbocycles. The van der Waals surface area contributed by atoms with Gasteiger partial charge in [0, 0.05) is 24.8 Å². The van der Waals surface area contributed by atoms with Crippen LogP contribution in [0.3, 0.4) is 0 Å². The molecule has 2 rings (SSSR count). The minimum atomic E-state index is -0.610. The summed E-state index contributed by atoms with van der Waals surface area (Å²) in [5.74, 6) is -0.187. The first-order chi connectivity index (χ1) is 6.63. The summed E-state index contributed by atoms with van der Waals surface area (Å²) in [4.78, 5) is 12.1. The molecule has 1 heterocycles. The molecule has 0 amide bonds. The average molecular weight is 194 g/mol. The molecule has 0 aromatic heterocycles. The Bertz CT molecular complexity index is 392. The predicted molar refractivity (Wildman–Crippen MR) is 51.8 cm³/mol.